The fourth-order valence-electron chi connectivity index (χ4n) is 1.87. The molecule has 0 radical (unpaired) electrons. The minimum Gasteiger partial charge on any atom is -0.382 e. The summed E-state index contributed by atoms with van der Waals surface area (Å²) < 4.78 is 10.3. The van der Waals surface area contributed by atoms with E-state index in [0.29, 0.717) is 19.8 Å². The minimum absolute atomic E-state index is 0.0749. The Morgan fingerprint density at radius 3 is 2.65 bits per heavy atom. The second-order valence-corrected chi connectivity index (χ2v) is 4.61. The van der Waals surface area contributed by atoms with Crippen molar-refractivity contribution >= 4 is 0 Å². The summed E-state index contributed by atoms with van der Waals surface area (Å²) >= 11 is 0. The van der Waals surface area contributed by atoms with Gasteiger partial charge in [-0.2, -0.15) is 5.26 Å². The zero-order valence-corrected chi connectivity index (χ0v) is 12.2. The molecule has 4 nitrogen and oxygen atoms in total. The van der Waals surface area contributed by atoms with E-state index in [0.717, 1.165) is 31.6 Å². The second-order valence-electron chi connectivity index (χ2n) is 4.61. The molecule has 0 spiro atoms. The van der Waals surface area contributed by atoms with Crippen LogP contribution in [0.5, 0.6) is 0 Å². The summed E-state index contributed by atoms with van der Waals surface area (Å²) in [6, 6.07) is 12.2. The smallest absolute Gasteiger partial charge is 0.0837 e. The number of methoxy groups -OCH3 is 1. The third-order valence-electron chi connectivity index (χ3n) is 3.03. The van der Waals surface area contributed by atoms with Crippen molar-refractivity contribution in [1.82, 2.24) is 5.32 Å². The highest BCUT2D eigenvalue weighted by Crippen LogP contribution is 2.12. The monoisotopic (exact) mass is 276 g/mol. The van der Waals surface area contributed by atoms with E-state index in [9.17, 15) is 5.26 Å². The first-order valence-corrected chi connectivity index (χ1v) is 7.10. The summed E-state index contributed by atoms with van der Waals surface area (Å²) in [6.07, 6.45) is 2.08. The number of nitrogens with one attached hydrogen (secondary N) is 1. The maximum Gasteiger partial charge on any atom is 0.0837 e. The minimum atomic E-state index is -0.0749. The predicted molar refractivity (Wildman–Crippen MR) is 79.6 cm³/mol. The second kappa shape index (κ2) is 11.4. The van der Waals surface area contributed by atoms with Gasteiger partial charge >= 0.3 is 0 Å². The molecule has 20 heavy (non-hydrogen) atoms. The number of hydrogen-bond acceptors (Lipinski definition) is 4. The summed E-state index contributed by atoms with van der Waals surface area (Å²) in [4.78, 5) is 0. The molecule has 1 aromatic rings. The molecular formula is C16H24N2O2. The van der Waals surface area contributed by atoms with Gasteiger partial charge in [0.15, 0.2) is 0 Å². The molecule has 0 saturated carbocycles. The van der Waals surface area contributed by atoms with Crippen molar-refractivity contribution < 1.29 is 9.47 Å². The lowest BCUT2D eigenvalue weighted by atomic mass is 10.0. The Kier molecular flexibility index (Phi) is 9.50. The topological polar surface area (TPSA) is 54.3 Å². The first kappa shape index (κ1) is 16.6. The average Bonchev–Trinajstić information content (AvgIpc) is 2.50. The molecule has 4 heteroatoms. The van der Waals surface area contributed by atoms with E-state index in [4.69, 9.17) is 9.47 Å². The molecule has 0 amide bonds. The zero-order chi connectivity index (χ0) is 14.5. The van der Waals surface area contributed by atoms with Crippen molar-refractivity contribution in [3.8, 4) is 6.07 Å². The lowest BCUT2D eigenvalue weighted by Gasteiger charge is -2.10. The Bertz CT molecular complexity index is 376. The van der Waals surface area contributed by atoms with E-state index in [1.165, 1.54) is 0 Å². The first-order chi connectivity index (χ1) is 9.88. The summed E-state index contributed by atoms with van der Waals surface area (Å²) in [6.45, 7) is 3.70. The molecule has 1 rings (SSSR count). The lowest BCUT2D eigenvalue weighted by Crippen LogP contribution is -2.22. The largest absolute Gasteiger partial charge is 0.382 e. The van der Waals surface area contributed by atoms with Gasteiger partial charge in [-0.1, -0.05) is 30.3 Å². The van der Waals surface area contributed by atoms with Crippen LogP contribution in [0.15, 0.2) is 30.3 Å². The number of hydrogen-bond donors (Lipinski definition) is 1. The zero-order valence-electron chi connectivity index (χ0n) is 12.2. The van der Waals surface area contributed by atoms with Gasteiger partial charge in [0.2, 0.25) is 0 Å². The van der Waals surface area contributed by atoms with Crippen LogP contribution >= 0.6 is 0 Å². The Morgan fingerprint density at radius 2 is 1.95 bits per heavy atom. The molecular weight excluding hydrogens is 252 g/mol. The van der Waals surface area contributed by atoms with Crippen LogP contribution in [0.1, 0.15) is 24.3 Å². The molecule has 0 saturated heterocycles. The predicted octanol–water partition coefficient (Wildman–Crippen LogP) is 2.33. The third kappa shape index (κ3) is 7.25. The van der Waals surface area contributed by atoms with E-state index < -0.39 is 0 Å². The highest BCUT2D eigenvalue weighted by Gasteiger charge is 2.08. The summed E-state index contributed by atoms with van der Waals surface area (Å²) in [5.41, 5.74) is 1.07. The van der Waals surface area contributed by atoms with Crippen LogP contribution in [-0.2, 0) is 9.47 Å². The van der Waals surface area contributed by atoms with Crippen molar-refractivity contribution in [2.75, 3.05) is 40.0 Å². The van der Waals surface area contributed by atoms with E-state index in [1.54, 1.807) is 7.11 Å². The number of nitrogens with zero attached hydrogens (tertiary/aromatic N) is 1. The summed E-state index contributed by atoms with van der Waals surface area (Å²) in [5.74, 6) is -0.0749. The SMILES string of the molecule is COCCOCCCCNCC(C#N)c1ccccc1. The van der Waals surface area contributed by atoms with Crippen LogP contribution in [0, 0.1) is 11.3 Å². The van der Waals surface area contributed by atoms with Crippen molar-refractivity contribution in [2.24, 2.45) is 0 Å². The summed E-state index contributed by atoms with van der Waals surface area (Å²) in [5, 5.41) is 12.5. The van der Waals surface area contributed by atoms with Gasteiger partial charge in [-0.3, -0.25) is 0 Å². The van der Waals surface area contributed by atoms with Crippen LogP contribution in [0.3, 0.4) is 0 Å². The molecule has 110 valence electrons. The Morgan fingerprint density at radius 1 is 1.15 bits per heavy atom. The van der Waals surface area contributed by atoms with E-state index in [2.05, 4.69) is 11.4 Å². The standard InChI is InChI=1S/C16H24N2O2/c1-19-11-12-20-10-6-5-9-18-14-16(13-17)15-7-3-2-4-8-15/h2-4,7-8,16,18H,5-6,9-12,14H2,1H3. The van der Waals surface area contributed by atoms with Crippen molar-refractivity contribution in [1.29, 1.82) is 5.26 Å². The van der Waals surface area contributed by atoms with Gasteiger partial charge in [0.05, 0.1) is 25.2 Å². The Hall–Kier alpha value is -1.41. The fraction of sp³-hybridized carbons (Fsp3) is 0.562. The maximum absolute atomic E-state index is 9.18. The van der Waals surface area contributed by atoms with Crippen molar-refractivity contribution in [3.63, 3.8) is 0 Å². The summed E-state index contributed by atoms with van der Waals surface area (Å²) in [7, 11) is 1.67. The highest BCUT2D eigenvalue weighted by molar-refractivity contribution is 5.24. The number of benzene rings is 1. The third-order valence-corrected chi connectivity index (χ3v) is 3.03. The van der Waals surface area contributed by atoms with Crippen LogP contribution in [0.2, 0.25) is 0 Å². The molecule has 1 aromatic carbocycles. The molecule has 1 unspecified atom stereocenters. The maximum atomic E-state index is 9.18. The molecule has 0 fully saturated rings. The van der Waals surface area contributed by atoms with Gasteiger partial charge in [-0.05, 0) is 24.9 Å². The van der Waals surface area contributed by atoms with Gasteiger partial charge in [0, 0.05) is 20.3 Å². The fourth-order valence-corrected chi connectivity index (χ4v) is 1.87. The molecule has 0 aliphatic heterocycles. The number of unbranched alkanes of at least 4 members (excludes halogenated alkanes) is 1. The van der Waals surface area contributed by atoms with Crippen LogP contribution in [0.4, 0.5) is 0 Å². The number of nitriles is 1. The van der Waals surface area contributed by atoms with Crippen LogP contribution < -0.4 is 5.32 Å². The molecule has 1 N–H and O–H groups in total. The van der Waals surface area contributed by atoms with Gasteiger partial charge in [0.25, 0.3) is 0 Å². The van der Waals surface area contributed by atoms with Crippen LogP contribution in [0.25, 0.3) is 0 Å². The van der Waals surface area contributed by atoms with Gasteiger partial charge in [-0.25, -0.2) is 0 Å². The van der Waals surface area contributed by atoms with Gasteiger partial charge < -0.3 is 14.8 Å². The van der Waals surface area contributed by atoms with E-state index in [-0.39, 0.29) is 5.92 Å². The lowest BCUT2D eigenvalue weighted by molar-refractivity contribution is 0.0688. The van der Waals surface area contributed by atoms with Crippen molar-refractivity contribution in [2.45, 2.75) is 18.8 Å². The molecule has 0 heterocycles. The van der Waals surface area contributed by atoms with E-state index in [1.807, 2.05) is 30.3 Å². The normalized spacial score (nSPS) is 12.0. The van der Waals surface area contributed by atoms with Gasteiger partial charge in [-0.15, -0.1) is 0 Å². The molecule has 0 aliphatic carbocycles. The highest BCUT2D eigenvalue weighted by atomic mass is 16.5. The first-order valence-electron chi connectivity index (χ1n) is 7.10. The number of ether oxygens (including phenoxy) is 2. The molecule has 0 aliphatic rings. The van der Waals surface area contributed by atoms with E-state index >= 15 is 0 Å². The number of rotatable bonds is 11. The average molecular weight is 276 g/mol. The van der Waals surface area contributed by atoms with Gasteiger partial charge in [0.1, 0.15) is 0 Å². The quantitative estimate of drug-likeness (QED) is 0.630. The Labute approximate surface area is 121 Å². The molecule has 1 atom stereocenters. The Balaban J connectivity index is 2.04. The van der Waals surface area contributed by atoms with Crippen LogP contribution in [-0.4, -0.2) is 40.0 Å². The van der Waals surface area contributed by atoms with Crippen molar-refractivity contribution in [3.05, 3.63) is 35.9 Å². The molecule has 0 bridgehead atoms. The molecule has 0 aromatic heterocycles.